The molecule has 1 aliphatic heterocycles. The van der Waals surface area contributed by atoms with Crippen LogP contribution in [0.1, 0.15) is 57.1 Å². The number of ether oxygens (including phenoxy) is 2. The van der Waals surface area contributed by atoms with Crippen molar-refractivity contribution in [2.75, 3.05) is 13.7 Å². The second kappa shape index (κ2) is 8.53. The minimum atomic E-state index is -4.67. The molecule has 4 nitrogen and oxygen atoms in total. The molecule has 1 saturated heterocycles. The lowest BCUT2D eigenvalue weighted by molar-refractivity contribution is -0.114. The van der Waals surface area contributed by atoms with Crippen LogP contribution in [0.15, 0.2) is 47.1 Å². The SMILES string of the molecule is COc1ccc(C2OCC3(C)C(CC[C@@]3(O)C#CC(F)(F)F)C3CCC4=CC(=O)CCC4=C23)cc1. The van der Waals surface area contributed by atoms with Crippen molar-refractivity contribution in [3.05, 3.63) is 52.6 Å². The number of carbonyl (C=O) groups excluding carboxylic acids is 1. The van der Waals surface area contributed by atoms with Gasteiger partial charge in [-0.3, -0.25) is 4.79 Å². The summed E-state index contributed by atoms with van der Waals surface area (Å²) in [5.41, 5.74) is 1.46. The fraction of sp³-hybridized carbons (Fsp3) is 0.536. The first-order chi connectivity index (χ1) is 16.5. The van der Waals surface area contributed by atoms with Crippen LogP contribution in [-0.2, 0) is 9.53 Å². The van der Waals surface area contributed by atoms with E-state index in [4.69, 9.17) is 9.47 Å². The molecule has 0 amide bonds. The standard InChI is InChI=1S/C28H29F3O4/c1-26-16-35-25(17-3-7-20(34-2)8-4-17)24-21-10-6-19(32)15-18(21)5-9-22(24)23(26)11-12-27(26,33)13-14-28(29,30)31/h3-4,7-8,15,22-23,25,33H,5-6,9-12,16H2,1-2H3/t22?,23?,25?,26?,27-/m1/s1. The Morgan fingerprint density at radius 3 is 2.57 bits per heavy atom. The number of rotatable bonds is 2. The van der Waals surface area contributed by atoms with Crippen LogP contribution in [0.3, 0.4) is 0 Å². The molecule has 186 valence electrons. The van der Waals surface area contributed by atoms with Gasteiger partial charge in [0.25, 0.3) is 0 Å². The molecule has 0 bridgehead atoms. The quantitative estimate of drug-likeness (QED) is 0.563. The van der Waals surface area contributed by atoms with Gasteiger partial charge in [0.05, 0.1) is 13.7 Å². The van der Waals surface area contributed by atoms with E-state index in [0.717, 1.165) is 35.1 Å². The molecule has 4 unspecified atom stereocenters. The van der Waals surface area contributed by atoms with Crippen LogP contribution in [0.5, 0.6) is 5.75 Å². The Hall–Kier alpha value is -2.56. The number of hydrogen-bond donors (Lipinski definition) is 1. The van der Waals surface area contributed by atoms with E-state index >= 15 is 0 Å². The Morgan fingerprint density at radius 2 is 1.89 bits per heavy atom. The normalized spacial score (nSPS) is 34.6. The van der Waals surface area contributed by atoms with Crippen LogP contribution in [0.4, 0.5) is 13.2 Å². The fourth-order valence-corrected chi connectivity index (χ4v) is 6.70. The second-order valence-electron chi connectivity index (χ2n) is 10.3. The first-order valence-electron chi connectivity index (χ1n) is 12.1. The number of alkyl halides is 3. The number of benzene rings is 1. The topological polar surface area (TPSA) is 55.8 Å². The molecule has 1 heterocycles. The Bertz CT molecular complexity index is 1150. The first-order valence-corrected chi connectivity index (χ1v) is 12.1. The zero-order valence-electron chi connectivity index (χ0n) is 19.9. The Morgan fingerprint density at radius 1 is 1.14 bits per heavy atom. The van der Waals surface area contributed by atoms with Crippen LogP contribution in [0, 0.1) is 29.1 Å². The zero-order chi connectivity index (χ0) is 25.0. The van der Waals surface area contributed by atoms with Gasteiger partial charge in [0.15, 0.2) is 5.78 Å². The molecular weight excluding hydrogens is 457 g/mol. The summed E-state index contributed by atoms with van der Waals surface area (Å²) in [6.07, 6.45) is -0.0290. The number of halogens is 3. The number of allylic oxidation sites excluding steroid dienone is 3. The molecular formula is C28H29F3O4. The van der Waals surface area contributed by atoms with Crippen molar-refractivity contribution in [1.29, 1.82) is 0 Å². The van der Waals surface area contributed by atoms with E-state index < -0.39 is 23.3 Å². The maximum Gasteiger partial charge on any atom is 0.457 e. The third-order valence-corrected chi connectivity index (χ3v) is 8.54. The minimum absolute atomic E-state index is 0.0247. The molecule has 1 aromatic rings. The highest BCUT2D eigenvalue weighted by Gasteiger charge is 2.61. The molecule has 1 N–H and O–H groups in total. The Labute approximate surface area is 203 Å². The van der Waals surface area contributed by atoms with Gasteiger partial charge in [-0.2, -0.15) is 13.2 Å². The maximum absolute atomic E-state index is 13.0. The van der Waals surface area contributed by atoms with Crippen LogP contribution in [-0.4, -0.2) is 36.4 Å². The van der Waals surface area contributed by atoms with Crippen molar-refractivity contribution in [1.82, 2.24) is 0 Å². The van der Waals surface area contributed by atoms with E-state index in [1.165, 1.54) is 5.92 Å². The molecule has 1 saturated carbocycles. The number of ketones is 1. The minimum Gasteiger partial charge on any atom is -0.497 e. The van der Waals surface area contributed by atoms with Gasteiger partial charge in [-0.1, -0.05) is 25.0 Å². The Kier molecular flexibility index (Phi) is 5.89. The number of fused-ring (bicyclic) bond motifs is 4. The molecule has 0 spiro atoms. The van der Waals surface area contributed by atoms with Crippen LogP contribution >= 0.6 is 0 Å². The van der Waals surface area contributed by atoms with E-state index in [2.05, 4.69) is 5.92 Å². The molecule has 1 aromatic carbocycles. The van der Waals surface area contributed by atoms with E-state index in [1.54, 1.807) is 13.2 Å². The molecule has 3 aliphatic carbocycles. The summed E-state index contributed by atoms with van der Waals surface area (Å²) in [6.45, 7) is 1.91. The van der Waals surface area contributed by atoms with Gasteiger partial charge in [-0.25, -0.2) is 0 Å². The third-order valence-electron chi connectivity index (χ3n) is 8.54. The van der Waals surface area contributed by atoms with E-state index in [9.17, 15) is 23.1 Å². The Balaban J connectivity index is 1.64. The van der Waals surface area contributed by atoms with Crippen molar-refractivity contribution in [2.45, 2.75) is 63.3 Å². The zero-order valence-corrected chi connectivity index (χ0v) is 19.9. The average Bonchev–Trinajstić information content (AvgIpc) is 2.99. The number of methoxy groups -OCH3 is 1. The summed E-state index contributed by atoms with van der Waals surface area (Å²) in [5.74, 6) is 4.32. The number of carbonyl (C=O) groups is 1. The highest BCUT2D eigenvalue weighted by molar-refractivity contribution is 5.93. The van der Waals surface area contributed by atoms with Gasteiger partial charge in [0, 0.05) is 17.8 Å². The molecule has 0 radical (unpaired) electrons. The summed E-state index contributed by atoms with van der Waals surface area (Å²) in [5, 5.41) is 11.5. The first kappa shape index (κ1) is 24.1. The molecule has 0 aromatic heterocycles. The van der Waals surface area contributed by atoms with Gasteiger partial charge in [-0.05, 0) is 84.4 Å². The lowest BCUT2D eigenvalue weighted by atomic mass is 9.61. The largest absolute Gasteiger partial charge is 0.497 e. The number of hydrogen-bond acceptors (Lipinski definition) is 4. The molecule has 35 heavy (non-hydrogen) atoms. The van der Waals surface area contributed by atoms with Crippen LogP contribution in [0.25, 0.3) is 0 Å². The van der Waals surface area contributed by atoms with Gasteiger partial charge in [-0.15, -0.1) is 0 Å². The molecule has 7 heteroatoms. The third kappa shape index (κ3) is 4.11. The van der Waals surface area contributed by atoms with E-state index in [1.807, 2.05) is 31.2 Å². The molecule has 5 atom stereocenters. The summed E-state index contributed by atoms with van der Waals surface area (Å²) in [7, 11) is 1.60. The highest BCUT2D eigenvalue weighted by Crippen LogP contribution is 2.61. The monoisotopic (exact) mass is 486 g/mol. The summed E-state index contributed by atoms with van der Waals surface area (Å²) in [6, 6.07) is 7.61. The smallest absolute Gasteiger partial charge is 0.457 e. The van der Waals surface area contributed by atoms with Gasteiger partial charge in [0.2, 0.25) is 0 Å². The summed E-state index contributed by atoms with van der Waals surface area (Å²) >= 11 is 0. The van der Waals surface area contributed by atoms with Crippen molar-refractivity contribution in [2.24, 2.45) is 17.3 Å². The lowest BCUT2D eigenvalue weighted by Gasteiger charge is -2.42. The van der Waals surface area contributed by atoms with E-state index in [-0.39, 0.29) is 30.6 Å². The number of aliphatic hydroxyl groups is 1. The maximum atomic E-state index is 13.0. The summed E-state index contributed by atoms with van der Waals surface area (Å²) < 4.78 is 50.8. The van der Waals surface area contributed by atoms with E-state index in [0.29, 0.717) is 25.0 Å². The average molecular weight is 487 g/mol. The summed E-state index contributed by atoms with van der Waals surface area (Å²) in [4.78, 5) is 12.2. The van der Waals surface area contributed by atoms with Gasteiger partial charge in [0.1, 0.15) is 17.5 Å². The lowest BCUT2D eigenvalue weighted by Crippen LogP contribution is -2.48. The van der Waals surface area contributed by atoms with Crippen LogP contribution < -0.4 is 4.74 Å². The van der Waals surface area contributed by atoms with Crippen molar-refractivity contribution in [3.8, 4) is 17.6 Å². The van der Waals surface area contributed by atoms with Crippen LogP contribution in [0.2, 0.25) is 0 Å². The molecule has 2 fully saturated rings. The predicted octanol–water partition coefficient (Wildman–Crippen LogP) is 5.48. The van der Waals surface area contributed by atoms with Crippen molar-refractivity contribution in [3.63, 3.8) is 0 Å². The molecule has 4 aliphatic rings. The second-order valence-corrected chi connectivity index (χ2v) is 10.3. The highest BCUT2D eigenvalue weighted by atomic mass is 19.4. The van der Waals surface area contributed by atoms with Crippen molar-refractivity contribution < 1.29 is 32.5 Å². The van der Waals surface area contributed by atoms with Gasteiger partial charge < -0.3 is 14.6 Å². The fourth-order valence-electron chi connectivity index (χ4n) is 6.70. The molecule has 5 rings (SSSR count). The predicted molar refractivity (Wildman–Crippen MR) is 123 cm³/mol. The van der Waals surface area contributed by atoms with Gasteiger partial charge >= 0.3 is 6.18 Å². The van der Waals surface area contributed by atoms with Crippen molar-refractivity contribution >= 4 is 5.78 Å².